The third kappa shape index (κ3) is 5.61. The molecule has 10 nitrogen and oxygen atoms in total. The van der Waals surface area contributed by atoms with Gasteiger partial charge in [-0.05, 0) is 37.6 Å². The first kappa shape index (κ1) is 25.5. The number of hydrogen-bond acceptors (Lipinski definition) is 9. The third-order valence-electron chi connectivity index (χ3n) is 5.79. The fourth-order valence-electron chi connectivity index (χ4n) is 3.75. The summed E-state index contributed by atoms with van der Waals surface area (Å²) in [7, 11) is 0. The molecule has 0 aliphatic heterocycles. The lowest BCUT2D eigenvalue weighted by atomic mass is 10.1. The molecule has 4 rings (SSSR count). The first-order valence-corrected chi connectivity index (χ1v) is 11.6. The highest BCUT2D eigenvalue weighted by Gasteiger charge is 2.20. The highest BCUT2D eigenvalue weighted by molar-refractivity contribution is 5.77. The van der Waals surface area contributed by atoms with Crippen LogP contribution in [-0.4, -0.2) is 9.91 Å². The van der Waals surface area contributed by atoms with Crippen LogP contribution in [0.1, 0.15) is 35.2 Å². The summed E-state index contributed by atoms with van der Waals surface area (Å²) >= 11 is 0. The SMILES string of the molecule is Cc1c(C#N)c(Nc2ccccc2)nc(NC(C)c2ccccc2)c1N=Nc1ccc([N+](=O)[O-])cc1C#N. The molecule has 1 atom stereocenters. The Morgan fingerprint density at radius 3 is 2.26 bits per heavy atom. The third-order valence-corrected chi connectivity index (χ3v) is 5.79. The zero-order valence-electron chi connectivity index (χ0n) is 20.6. The number of azo groups is 1. The minimum atomic E-state index is -0.583. The van der Waals surface area contributed by atoms with Crippen LogP contribution in [0, 0.1) is 39.7 Å². The predicted molar refractivity (Wildman–Crippen MR) is 144 cm³/mol. The second kappa shape index (κ2) is 11.4. The number of anilines is 3. The smallest absolute Gasteiger partial charge is 0.270 e. The number of pyridine rings is 1. The van der Waals surface area contributed by atoms with E-state index in [0.717, 1.165) is 17.3 Å². The van der Waals surface area contributed by atoms with Gasteiger partial charge in [-0.15, -0.1) is 10.2 Å². The van der Waals surface area contributed by atoms with Gasteiger partial charge in [0.05, 0.1) is 22.1 Å². The molecule has 186 valence electrons. The van der Waals surface area contributed by atoms with E-state index in [0.29, 0.717) is 22.9 Å². The zero-order valence-corrected chi connectivity index (χ0v) is 20.6. The number of nitriles is 2. The molecule has 38 heavy (non-hydrogen) atoms. The molecule has 0 spiro atoms. The number of hydrogen-bond donors (Lipinski definition) is 2. The minimum Gasteiger partial charge on any atom is -0.362 e. The summed E-state index contributed by atoms with van der Waals surface area (Å²) in [5.41, 5.74) is 2.83. The topological polar surface area (TPSA) is 152 Å². The van der Waals surface area contributed by atoms with Gasteiger partial charge < -0.3 is 10.6 Å². The molecule has 0 saturated carbocycles. The van der Waals surface area contributed by atoms with Crippen LogP contribution in [0.4, 0.5) is 34.4 Å². The van der Waals surface area contributed by atoms with Gasteiger partial charge in [0.15, 0.2) is 11.6 Å². The predicted octanol–water partition coefficient (Wildman–Crippen LogP) is 7.37. The van der Waals surface area contributed by atoms with Gasteiger partial charge in [0.2, 0.25) is 0 Å². The highest BCUT2D eigenvalue weighted by atomic mass is 16.6. The fraction of sp³-hybridized carbons (Fsp3) is 0.107. The molecule has 2 N–H and O–H groups in total. The van der Waals surface area contributed by atoms with Crippen molar-refractivity contribution in [3.8, 4) is 12.1 Å². The van der Waals surface area contributed by atoms with E-state index in [2.05, 4.69) is 26.9 Å². The maximum Gasteiger partial charge on any atom is 0.270 e. The second-order valence-electron chi connectivity index (χ2n) is 8.31. The van der Waals surface area contributed by atoms with Crippen LogP contribution in [0.2, 0.25) is 0 Å². The largest absolute Gasteiger partial charge is 0.362 e. The summed E-state index contributed by atoms with van der Waals surface area (Å²) in [5, 5.41) is 45.7. The van der Waals surface area contributed by atoms with Crippen LogP contribution in [0.5, 0.6) is 0 Å². The number of non-ortho nitro benzene ring substituents is 1. The molecule has 0 bridgehead atoms. The van der Waals surface area contributed by atoms with Crippen LogP contribution in [0.25, 0.3) is 0 Å². The Bertz CT molecular complexity index is 1590. The molecule has 0 aliphatic carbocycles. The number of aromatic nitrogens is 1. The molecule has 10 heteroatoms. The van der Waals surface area contributed by atoms with Crippen LogP contribution in [0.3, 0.4) is 0 Å². The van der Waals surface area contributed by atoms with Crippen molar-refractivity contribution in [1.82, 2.24) is 4.98 Å². The Labute approximate surface area is 219 Å². The molecule has 0 fully saturated rings. The van der Waals surface area contributed by atoms with Crippen molar-refractivity contribution in [1.29, 1.82) is 10.5 Å². The number of benzene rings is 3. The van der Waals surface area contributed by atoms with Gasteiger partial charge in [0.25, 0.3) is 5.69 Å². The Balaban J connectivity index is 1.82. The lowest BCUT2D eigenvalue weighted by Gasteiger charge is -2.19. The van der Waals surface area contributed by atoms with Crippen molar-refractivity contribution in [2.75, 3.05) is 10.6 Å². The quantitative estimate of drug-likeness (QED) is 0.145. The first-order chi connectivity index (χ1) is 18.4. The number of nitrogens with zero attached hydrogens (tertiary/aromatic N) is 6. The molecule has 4 aromatic rings. The molecule has 0 amide bonds. The van der Waals surface area contributed by atoms with E-state index in [4.69, 9.17) is 4.98 Å². The van der Waals surface area contributed by atoms with Crippen molar-refractivity contribution < 1.29 is 4.92 Å². The maximum atomic E-state index is 11.1. The molecule has 0 aliphatic rings. The summed E-state index contributed by atoms with van der Waals surface area (Å²) in [6.07, 6.45) is 0. The summed E-state index contributed by atoms with van der Waals surface area (Å²) in [6.45, 7) is 3.71. The molecule has 0 saturated heterocycles. The van der Waals surface area contributed by atoms with Crippen molar-refractivity contribution in [3.05, 3.63) is 111 Å². The van der Waals surface area contributed by atoms with Crippen molar-refractivity contribution in [2.24, 2.45) is 10.2 Å². The average molecular weight is 503 g/mol. The van der Waals surface area contributed by atoms with Crippen LogP contribution in [-0.2, 0) is 0 Å². The van der Waals surface area contributed by atoms with Crippen molar-refractivity contribution in [2.45, 2.75) is 19.9 Å². The van der Waals surface area contributed by atoms with Gasteiger partial charge >= 0.3 is 0 Å². The minimum absolute atomic E-state index is 0.00333. The van der Waals surface area contributed by atoms with Crippen LogP contribution < -0.4 is 10.6 Å². The highest BCUT2D eigenvalue weighted by Crippen LogP contribution is 2.38. The molecular formula is C28H22N8O2. The molecule has 1 aromatic heterocycles. The van der Waals surface area contributed by atoms with E-state index in [-0.39, 0.29) is 28.5 Å². The lowest BCUT2D eigenvalue weighted by Crippen LogP contribution is -2.10. The van der Waals surface area contributed by atoms with E-state index in [1.165, 1.54) is 12.1 Å². The van der Waals surface area contributed by atoms with Crippen molar-refractivity contribution in [3.63, 3.8) is 0 Å². The number of nitrogens with one attached hydrogen (secondary N) is 2. The van der Waals surface area contributed by atoms with Crippen LogP contribution >= 0.6 is 0 Å². The van der Waals surface area contributed by atoms with E-state index >= 15 is 0 Å². The molecule has 1 heterocycles. The summed E-state index contributed by atoms with van der Waals surface area (Å²) in [5.74, 6) is 0.728. The molecule has 0 radical (unpaired) electrons. The van der Waals surface area contributed by atoms with E-state index in [9.17, 15) is 20.6 Å². The Morgan fingerprint density at radius 1 is 0.947 bits per heavy atom. The first-order valence-electron chi connectivity index (χ1n) is 11.6. The molecule has 3 aromatic carbocycles. The summed E-state index contributed by atoms with van der Waals surface area (Å²) in [4.78, 5) is 15.2. The van der Waals surface area contributed by atoms with Crippen LogP contribution in [0.15, 0.2) is 89.1 Å². The number of rotatable bonds is 8. The number of nitro benzene ring substituents is 1. The van der Waals surface area contributed by atoms with Gasteiger partial charge in [-0.2, -0.15) is 10.5 Å². The fourth-order valence-corrected chi connectivity index (χ4v) is 3.75. The summed E-state index contributed by atoms with van der Waals surface area (Å²) in [6, 6.07) is 26.8. The van der Waals surface area contributed by atoms with Gasteiger partial charge in [0.1, 0.15) is 23.5 Å². The standard InChI is InChI=1S/C28H22N8O2/c1-18-24(17-30)27(32-22-11-7-4-8-12-22)33-28(31-19(2)20-9-5-3-6-10-20)26(18)35-34-25-14-13-23(36(37)38)15-21(25)16-29/h3-15,19H,1-2H3,(H2,31,32,33). The normalized spacial score (nSPS) is 11.4. The number of para-hydroxylation sites is 1. The maximum absolute atomic E-state index is 11.1. The van der Waals surface area contributed by atoms with E-state index < -0.39 is 4.92 Å². The van der Waals surface area contributed by atoms with Gasteiger partial charge in [-0.25, -0.2) is 4.98 Å². The van der Waals surface area contributed by atoms with E-state index in [1.807, 2.05) is 73.7 Å². The monoisotopic (exact) mass is 502 g/mol. The lowest BCUT2D eigenvalue weighted by molar-refractivity contribution is -0.384. The van der Waals surface area contributed by atoms with Crippen molar-refractivity contribution >= 4 is 34.4 Å². The van der Waals surface area contributed by atoms with Gasteiger partial charge in [-0.1, -0.05) is 48.5 Å². The van der Waals surface area contributed by atoms with Gasteiger partial charge in [-0.3, -0.25) is 10.1 Å². The molecular weight excluding hydrogens is 480 g/mol. The zero-order chi connectivity index (χ0) is 27.1. The Hall–Kier alpha value is -5.61. The second-order valence-corrected chi connectivity index (χ2v) is 8.31. The number of nitro groups is 1. The Morgan fingerprint density at radius 2 is 1.63 bits per heavy atom. The molecule has 1 unspecified atom stereocenters. The average Bonchev–Trinajstić information content (AvgIpc) is 2.94. The summed E-state index contributed by atoms with van der Waals surface area (Å²) < 4.78 is 0. The van der Waals surface area contributed by atoms with E-state index in [1.54, 1.807) is 6.92 Å². The van der Waals surface area contributed by atoms with Gasteiger partial charge in [0, 0.05) is 23.4 Å². The Kier molecular flexibility index (Phi) is 7.66.